The van der Waals surface area contributed by atoms with Crippen molar-refractivity contribution in [1.29, 1.82) is 0 Å². The Morgan fingerprint density at radius 3 is 2.47 bits per heavy atom. The van der Waals surface area contributed by atoms with E-state index in [4.69, 9.17) is 5.73 Å². The highest BCUT2D eigenvalue weighted by Gasteiger charge is 2.12. The largest absolute Gasteiger partial charge is 0.324 e. The molecule has 2 N–H and O–H groups in total. The SMILES string of the molecule is Cc1ccc(C(N)Cc2ccc(F)cc2Br)c(Br)c1. The quantitative estimate of drug-likeness (QED) is 0.797. The number of hydrogen-bond donors (Lipinski definition) is 1. The molecule has 100 valence electrons. The predicted octanol–water partition coefficient (Wildman–Crippen LogP) is 4.90. The van der Waals surface area contributed by atoms with Crippen molar-refractivity contribution in [3.63, 3.8) is 0 Å². The van der Waals surface area contributed by atoms with Crippen LogP contribution < -0.4 is 5.73 Å². The van der Waals surface area contributed by atoms with Crippen molar-refractivity contribution >= 4 is 31.9 Å². The normalized spacial score (nSPS) is 12.5. The number of hydrogen-bond acceptors (Lipinski definition) is 1. The number of rotatable bonds is 3. The molecule has 0 saturated heterocycles. The minimum atomic E-state index is -0.249. The van der Waals surface area contributed by atoms with Crippen molar-refractivity contribution in [2.24, 2.45) is 5.73 Å². The van der Waals surface area contributed by atoms with E-state index in [1.807, 2.05) is 19.1 Å². The van der Waals surface area contributed by atoms with Crippen LogP contribution in [0.4, 0.5) is 4.39 Å². The summed E-state index contributed by atoms with van der Waals surface area (Å²) in [6, 6.07) is 10.7. The van der Waals surface area contributed by atoms with Crippen LogP contribution in [0, 0.1) is 12.7 Å². The summed E-state index contributed by atoms with van der Waals surface area (Å²) in [6.07, 6.45) is 0.655. The van der Waals surface area contributed by atoms with Gasteiger partial charge in [-0.1, -0.05) is 50.1 Å². The molecular formula is C15H14Br2FN. The zero-order valence-corrected chi connectivity index (χ0v) is 13.6. The number of benzene rings is 2. The number of nitrogens with two attached hydrogens (primary N) is 1. The van der Waals surface area contributed by atoms with E-state index in [0.29, 0.717) is 6.42 Å². The van der Waals surface area contributed by atoms with E-state index in [2.05, 4.69) is 37.9 Å². The molecule has 0 saturated carbocycles. The minimum absolute atomic E-state index is 0.128. The average molecular weight is 387 g/mol. The van der Waals surface area contributed by atoms with Gasteiger partial charge in [0.15, 0.2) is 0 Å². The third kappa shape index (κ3) is 3.65. The Kier molecular flexibility index (Phi) is 4.76. The van der Waals surface area contributed by atoms with Crippen LogP contribution >= 0.6 is 31.9 Å². The number of aryl methyl sites for hydroxylation is 1. The van der Waals surface area contributed by atoms with E-state index >= 15 is 0 Å². The highest BCUT2D eigenvalue weighted by molar-refractivity contribution is 9.10. The molecule has 0 aliphatic heterocycles. The van der Waals surface area contributed by atoms with Gasteiger partial charge in [-0.05, 0) is 48.2 Å². The smallest absolute Gasteiger partial charge is 0.124 e. The molecule has 0 fully saturated rings. The fourth-order valence-corrected chi connectivity index (χ4v) is 3.27. The summed E-state index contributed by atoms with van der Waals surface area (Å²) in [7, 11) is 0. The summed E-state index contributed by atoms with van der Waals surface area (Å²) in [6.45, 7) is 2.04. The highest BCUT2D eigenvalue weighted by Crippen LogP contribution is 2.28. The molecule has 2 aromatic rings. The van der Waals surface area contributed by atoms with Crippen LogP contribution in [0.25, 0.3) is 0 Å². The van der Waals surface area contributed by atoms with Gasteiger partial charge in [-0.25, -0.2) is 4.39 Å². The second-order valence-electron chi connectivity index (χ2n) is 4.57. The molecule has 0 radical (unpaired) electrons. The van der Waals surface area contributed by atoms with Crippen LogP contribution in [-0.2, 0) is 6.42 Å². The van der Waals surface area contributed by atoms with Crippen molar-refractivity contribution in [1.82, 2.24) is 0 Å². The van der Waals surface area contributed by atoms with Crippen molar-refractivity contribution in [3.8, 4) is 0 Å². The Balaban J connectivity index is 2.23. The average Bonchev–Trinajstić information content (AvgIpc) is 2.32. The standard InChI is InChI=1S/C15H14Br2FN/c1-9-2-5-12(14(17)6-9)15(19)7-10-3-4-11(18)8-13(10)16/h2-6,8,15H,7,19H2,1H3. The maximum absolute atomic E-state index is 13.0. The van der Waals surface area contributed by atoms with Crippen LogP contribution in [0.3, 0.4) is 0 Å². The van der Waals surface area contributed by atoms with Gasteiger partial charge in [-0.3, -0.25) is 0 Å². The van der Waals surface area contributed by atoms with E-state index in [9.17, 15) is 4.39 Å². The van der Waals surface area contributed by atoms with E-state index in [1.54, 1.807) is 6.07 Å². The lowest BCUT2D eigenvalue weighted by Crippen LogP contribution is -2.14. The van der Waals surface area contributed by atoms with Gasteiger partial charge in [0.25, 0.3) is 0 Å². The summed E-state index contributed by atoms with van der Waals surface area (Å²) < 4.78 is 14.8. The van der Waals surface area contributed by atoms with Gasteiger partial charge >= 0.3 is 0 Å². The van der Waals surface area contributed by atoms with Crippen LogP contribution in [0.15, 0.2) is 45.3 Å². The molecule has 1 nitrogen and oxygen atoms in total. The molecule has 0 heterocycles. The van der Waals surface area contributed by atoms with Crippen LogP contribution in [0.5, 0.6) is 0 Å². The second-order valence-corrected chi connectivity index (χ2v) is 6.28. The van der Waals surface area contributed by atoms with Gasteiger partial charge in [-0.15, -0.1) is 0 Å². The predicted molar refractivity (Wildman–Crippen MR) is 83.6 cm³/mol. The first-order valence-electron chi connectivity index (χ1n) is 5.93. The Morgan fingerprint density at radius 1 is 1.11 bits per heavy atom. The first-order chi connectivity index (χ1) is 8.97. The summed E-state index contributed by atoms with van der Waals surface area (Å²) in [5.41, 5.74) is 9.48. The molecule has 2 rings (SSSR count). The van der Waals surface area contributed by atoms with E-state index in [1.165, 1.54) is 17.7 Å². The maximum Gasteiger partial charge on any atom is 0.124 e. The molecule has 0 aliphatic carbocycles. The highest BCUT2D eigenvalue weighted by atomic mass is 79.9. The Labute approximate surface area is 129 Å². The van der Waals surface area contributed by atoms with Crippen molar-refractivity contribution in [2.45, 2.75) is 19.4 Å². The molecule has 2 aromatic carbocycles. The first-order valence-corrected chi connectivity index (χ1v) is 7.51. The van der Waals surface area contributed by atoms with Crippen molar-refractivity contribution in [2.75, 3.05) is 0 Å². The Bertz CT molecular complexity index is 599. The topological polar surface area (TPSA) is 26.0 Å². The molecule has 1 unspecified atom stereocenters. The zero-order chi connectivity index (χ0) is 14.0. The van der Waals surface area contributed by atoms with Gasteiger partial charge < -0.3 is 5.73 Å². The fraction of sp³-hybridized carbons (Fsp3) is 0.200. The third-order valence-electron chi connectivity index (χ3n) is 3.01. The fourth-order valence-electron chi connectivity index (χ4n) is 1.97. The maximum atomic E-state index is 13.0. The molecule has 0 amide bonds. The van der Waals surface area contributed by atoms with Gasteiger partial charge in [-0.2, -0.15) is 0 Å². The lowest BCUT2D eigenvalue weighted by Gasteiger charge is -2.15. The van der Waals surface area contributed by atoms with Crippen LogP contribution in [0.1, 0.15) is 22.7 Å². The van der Waals surface area contributed by atoms with Crippen LogP contribution in [0.2, 0.25) is 0 Å². The number of halogens is 3. The summed E-state index contributed by atoms with van der Waals surface area (Å²) in [5, 5.41) is 0. The van der Waals surface area contributed by atoms with Gasteiger partial charge in [0.2, 0.25) is 0 Å². The molecule has 1 atom stereocenters. The molecular weight excluding hydrogens is 373 g/mol. The molecule has 0 aliphatic rings. The van der Waals surface area contributed by atoms with E-state index in [-0.39, 0.29) is 11.9 Å². The first kappa shape index (κ1) is 14.7. The monoisotopic (exact) mass is 385 g/mol. The Hall–Kier alpha value is -0.710. The van der Waals surface area contributed by atoms with Gasteiger partial charge in [0.05, 0.1) is 0 Å². The third-order valence-corrected chi connectivity index (χ3v) is 4.44. The summed E-state index contributed by atoms with van der Waals surface area (Å²) >= 11 is 6.91. The van der Waals surface area contributed by atoms with Crippen molar-refractivity contribution < 1.29 is 4.39 Å². The van der Waals surface area contributed by atoms with Gasteiger partial charge in [0.1, 0.15) is 5.82 Å². The Morgan fingerprint density at radius 2 is 1.84 bits per heavy atom. The van der Waals surface area contributed by atoms with Gasteiger partial charge in [0, 0.05) is 15.0 Å². The molecule has 0 spiro atoms. The second kappa shape index (κ2) is 6.16. The van der Waals surface area contributed by atoms with E-state index < -0.39 is 0 Å². The molecule has 19 heavy (non-hydrogen) atoms. The minimum Gasteiger partial charge on any atom is -0.324 e. The lowest BCUT2D eigenvalue weighted by atomic mass is 9.99. The lowest BCUT2D eigenvalue weighted by molar-refractivity contribution is 0.624. The molecule has 4 heteroatoms. The zero-order valence-electron chi connectivity index (χ0n) is 10.5. The molecule has 0 aromatic heterocycles. The van der Waals surface area contributed by atoms with E-state index in [0.717, 1.165) is 20.1 Å². The molecule has 0 bridgehead atoms. The van der Waals surface area contributed by atoms with Crippen LogP contribution in [-0.4, -0.2) is 0 Å². The summed E-state index contributed by atoms with van der Waals surface area (Å²) in [4.78, 5) is 0. The summed E-state index contributed by atoms with van der Waals surface area (Å²) in [5.74, 6) is -0.249. The van der Waals surface area contributed by atoms with Crippen molar-refractivity contribution in [3.05, 3.63) is 67.9 Å².